The van der Waals surface area contributed by atoms with Gasteiger partial charge in [-0.05, 0) is 38.6 Å². The van der Waals surface area contributed by atoms with Gasteiger partial charge in [-0.15, -0.1) is 0 Å². The Hall–Kier alpha value is -1.42. The summed E-state index contributed by atoms with van der Waals surface area (Å²) in [5.41, 5.74) is 8.16. The SMILES string of the molecule is CCCOc1cccc(N(CCN(C)C)CC(C)C)c1N. The van der Waals surface area contributed by atoms with Gasteiger partial charge in [0.2, 0.25) is 0 Å². The number of nitrogen functional groups attached to an aromatic ring is 1. The van der Waals surface area contributed by atoms with E-state index in [1.54, 1.807) is 0 Å². The second-order valence-electron chi connectivity index (χ2n) is 6.18. The van der Waals surface area contributed by atoms with E-state index in [2.05, 4.69) is 50.7 Å². The molecule has 0 radical (unpaired) electrons. The third-order valence-corrected chi connectivity index (χ3v) is 3.25. The number of benzene rings is 1. The van der Waals surface area contributed by atoms with Crippen molar-refractivity contribution in [2.24, 2.45) is 5.92 Å². The van der Waals surface area contributed by atoms with Crippen molar-refractivity contribution in [3.63, 3.8) is 0 Å². The molecule has 120 valence electrons. The van der Waals surface area contributed by atoms with Crippen LogP contribution in [0.2, 0.25) is 0 Å². The zero-order chi connectivity index (χ0) is 15.8. The minimum absolute atomic E-state index is 0.590. The topological polar surface area (TPSA) is 41.7 Å². The molecule has 0 saturated carbocycles. The van der Waals surface area contributed by atoms with Crippen LogP contribution in [0.3, 0.4) is 0 Å². The highest BCUT2D eigenvalue weighted by Crippen LogP contribution is 2.32. The van der Waals surface area contributed by atoms with Gasteiger partial charge in [-0.1, -0.05) is 26.8 Å². The number of ether oxygens (including phenoxy) is 1. The molecule has 0 unspecified atom stereocenters. The van der Waals surface area contributed by atoms with E-state index in [-0.39, 0.29) is 0 Å². The van der Waals surface area contributed by atoms with Gasteiger partial charge >= 0.3 is 0 Å². The van der Waals surface area contributed by atoms with Gasteiger partial charge in [0.05, 0.1) is 18.0 Å². The second kappa shape index (κ2) is 8.78. The average Bonchev–Trinajstić information content (AvgIpc) is 2.42. The highest BCUT2D eigenvalue weighted by molar-refractivity contribution is 5.74. The van der Waals surface area contributed by atoms with Crippen LogP contribution >= 0.6 is 0 Å². The summed E-state index contributed by atoms with van der Waals surface area (Å²) in [7, 11) is 4.19. The predicted molar refractivity (Wildman–Crippen MR) is 92.2 cm³/mol. The summed E-state index contributed by atoms with van der Waals surface area (Å²) in [6.07, 6.45) is 0.986. The van der Waals surface area contributed by atoms with Crippen molar-refractivity contribution in [1.82, 2.24) is 4.90 Å². The van der Waals surface area contributed by atoms with E-state index in [0.717, 1.165) is 43.2 Å². The molecule has 0 aliphatic rings. The van der Waals surface area contributed by atoms with E-state index >= 15 is 0 Å². The van der Waals surface area contributed by atoms with Gasteiger partial charge in [0.1, 0.15) is 5.75 Å². The van der Waals surface area contributed by atoms with Crippen LogP contribution in [0.15, 0.2) is 18.2 Å². The Kier molecular flexibility index (Phi) is 7.37. The lowest BCUT2D eigenvalue weighted by molar-refractivity contribution is 0.319. The van der Waals surface area contributed by atoms with Gasteiger partial charge < -0.3 is 20.3 Å². The van der Waals surface area contributed by atoms with Crippen molar-refractivity contribution in [3.05, 3.63) is 18.2 Å². The highest BCUT2D eigenvalue weighted by atomic mass is 16.5. The van der Waals surface area contributed by atoms with Gasteiger partial charge in [0.15, 0.2) is 0 Å². The number of hydrogen-bond acceptors (Lipinski definition) is 4. The molecule has 1 rings (SSSR count). The number of nitrogens with two attached hydrogens (primary N) is 1. The van der Waals surface area contributed by atoms with E-state index in [4.69, 9.17) is 10.5 Å². The fraction of sp³-hybridized carbons (Fsp3) is 0.647. The summed E-state index contributed by atoms with van der Waals surface area (Å²) in [5.74, 6) is 1.39. The molecular formula is C17H31N3O. The van der Waals surface area contributed by atoms with Gasteiger partial charge in [-0.25, -0.2) is 0 Å². The lowest BCUT2D eigenvalue weighted by atomic mass is 10.1. The van der Waals surface area contributed by atoms with Crippen LogP contribution in [-0.2, 0) is 0 Å². The van der Waals surface area contributed by atoms with Gasteiger partial charge in [0.25, 0.3) is 0 Å². The molecule has 4 heteroatoms. The average molecular weight is 293 g/mol. The first-order valence-corrected chi connectivity index (χ1v) is 7.86. The maximum Gasteiger partial charge on any atom is 0.144 e. The van der Waals surface area contributed by atoms with Gasteiger partial charge in [-0.3, -0.25) is 0 Å². The van der Waals surface area contributed by atoms with Crippen molar-refractivity contribution in [1.29, 1.82) is 0 Å². The molecule has 2 N–H and O–H groups in total. The first-order valence-electron chi connectivity index (χ1n) is 7.86. The molecule has 0 heterocycles. The minimum atomic E-state index is 0.590. The third-order valence-electron chi connectivity index (χ3n) is 3.25. The lowest BCUT2D eigenvalue weighted by Crippen LogP contribution is -2.34. The first kappa shape index (κ1) is 17.6. The van der Waals surface area contributed by atoms with Crippen LogP contribution in [0.25, 0.3) is 0 Å². The van der Waals surface area contributed by atoms with Crippen LogP contribution in [-0.4, -0.2) is 45.2 Å². The monoisotopic (exact) mass is 293 g/mol. The van der Waals surface area contributed by atoms with Crippen molar-refractivity contribution in [2.75, 3.05) is 51.0 Å². The third kappa shape index (κ3) is 5.84. The van der Waals surface area contributed by atoms with Crippen LogP contribution in [0, 0.1) is 5.92 Å². The Balaban J connectivity index is 2.94. The standard InChI is InChI=1S/C17H31N3O/c1-6-12-21-16-9-7-8-15(17(16)18)20(13-14(2)3)11-10-19(4)5/h7-9,14H,6,10-13,18H2,1-5H3. The quantitative estimate of drug-likeness (QED) is 0.710. The molecule has 1 aromatic carbocycles. The van der Waals surface area contributed by atoms with E-state index in [1.165, 1.54) is 0 Å². The minimum Gasteiger partial charge on any atom is -0.491 e. The van der Waals surface area contributed by atoms with E-state index < -0.39 is 0 Å². The smallest absolute Gasteiger partial charge is 0.144 e. The number of para-hydroxylation sites is 1. The Morgan fingerprint density at radius 1 is 1.19 bits per heavy atom. The second-order valence-corrected chi connectivity index (χ2v) is 6.18. The number of anilines is 2. The zero-order valence-corrected chi connectivity index (χ0v) is 14.2. The molecule has 4 nitrogen and oxygen atoms in total. The molecule has 0 bridgehead atoms. The number of hydrogen-bond donors (Lipinski definition) is 1. The largest absolute Gasteiger partial charge is 0.491 e. The van der Waals surface area contributed by atoms with Crippen LogP contribution in [0.1, 0.15) is 27.2 Å². The van der Waals surface area contributed by atoms with Crippen molar-refractivity contribution in [3.8, 4) is 5.75 Å². The van der Waals surface area contributed by atoms with Crippen molar-refractivity contribution >= 4 is 11.4 Å². The molecule has 0 aromatic heterocycles. The zero-order valence-electron chi connectivity index (χ0n) is 14.2. The molecule has 0 atom stereocenters. The predicted octanol–water partition coefficient (Wildman–Crippen LogP) is 3.08. The molecule has 0 aliphatic heterocycles. The first-order chi connectivity index (χ1) is 9.95. The Bertz CT molecular complexity index is 418. The number of likely N-dealkylation sites (N-methyl/N-ethyl adjacent to an activating group) is 1. The van der Waals surface area contributed by atoms with Crippen molar-refractivity contribution < 1.29 is 4.74 Å². The van der Waals surface area contributed by atoms with E-state index in [9.17, 15) is 0 Å². The van der Waals surface area contributed by atoms with Crippen LogP contribution < -0.4 is 15.4 Å². The summed E-state index contributed by atoms with van der Waals surface area (Å²) < 4.78 is 5.75. The molecule has 0 saturated heterocycles. The highest BCUT2D eigenvalue weighted by Gasteiger charge is 2.14. The van der Waals surface area contributed by atoms with Gasteiger partial charge in [-0.2, -0.15) is 0 Å². The normalized spacial score (nSPS) is 11.2. The maximum atomic E-state index is 6.33. The summed E-state index contributed by atoms with van der Waals surface area (Å²) in [5, 5.41) is 0. The molecule has 1 aromatic rings. The molecule has 0 amide bonds. The lowest BCUT2D eigenvalue weighted by Gasteiger charge is -2.29. The molecule has 21 heavy (non-hydrogen) atoms. The number of nitrogens with zero attached hydrogens (tertiary/aromatic N) is 2. The molecule has 0 fully saturated rings. The molecule has 0 aliphatic carbocycles. The Labute approximate surface area is 129 Å². The summed E-state index contributed by atoms with van der Waals surface area (Å²) >= 11 is 0. The molecular weight excluding hydrogens is 262 g/mol. The fourth-order valence-corrected chi connectivity index (χ4v) is 2.22. The summed E-state index contributed by atoms with van der Waals surface area (Å²) in [6, 6.07) is 6.07. The maximum absolute atomic E-state index is 6.33. The van der Waals surface area contributed by atoms with Crippen LogP contribution in [0.4, 0.5) is 11.4 Å². The molecule has 0 spiro atoms. The Morgan fingerprint density at radius 2 is 1.90 bits per heavy atom. The van der Waals surface area contributed by atoms with Crippen LogP contribution in [0.5, 0.6) is 5.75 Å². The van der Waals surface area contributed by atoms with E-state index in [0.29, 0.717) is 12.5 Å². The Morgan fingerprint density at radius 3 is 2.48 bits per heavy atom. The fourth-order valence-electron chi connectivity index (χ4n) is 2.22. The number of rotatable bonds is 9. The summed E-state index contributed by atoms with van der Waals surface area (Å²) in [6.45, 7) is 10.2. The summed E-state index contributed by atoms with van der Waals surface area (Å²) in [4.78, 5) is 4.56. The van der Waals surface area contributed by atoms with E-state index in [1.807, 2.05) is 12.1 Å². The van der Waals surface area contributed by atoms with Gasteiger partial charge in [0, 0.05) is 19.6 Å². The van der Waals surface area contributed by atoms with Crippen molar-refractivity contribution in [2.45, 2.75) is 27.2 Å².